The van der Waals surface area contributed by atoms with Crippen LogP contribution in [0.25, 0.3) is 10.8 Å². The summed E-state index contributed by atoms with van der Waals surface area (Å²) in [6, 6.07) is 29.4. The van der Waals surface area contributed by atoms with Crippen molar-refractivity contribution in [2.75, 3.05) is 0 Å². The third-order valence-electron chi connectivity index (χ3n) is 5.42. The van der Waals surface area contributed by atoms with Crippen molar-refractivity contribution in [2.24, 2.45) is 0 Å². The number of hydrogen-bond donors (Lipinski definition) is 2. The predicted molar refractivity (Wildman–Crippen MR) is 110 cm³/mol. The minimum Gasteiger partial charge on any atom is -0.508 e. The van der Waals surface area contributed by atoms with Gasteiger partial charge in [0.15, 0.2) is 0 Å². The van der Waals surface area contributed by atoms with Gasteiger partial charge in [-0.3, -0.25) is 0 Å². The summed E-state index contributed by atoms with van der Waals surface area (Å²) < 4.78 is 0. The fraction of sp³-hybridized carbons (Fsp3) is 0.120. The van der Waals surface area contributed by atoms with Crippen LogP contribution in [0.5, 0.6) is 11.5 Å². The molecule has 0 saturated carbocycles. The molecule has 4 aromatic carbocycles. The molecule has 0 saturated heterocycles. The Hall–Kier alpha value is -3.26. The molecule has 0 radical (unpaired) electrons. The first-order valence-corrected chi connectivity index (χ1v) is 9.13. The van der Waals surface area contributed by atoms with E-state index in [-0.39, 0.29) is 11.5 Å². The number of hydrogen-bond acceptors (Lipinski definition) is 2. The third kappa shape index (κ3) is 3.04. The summed E-state index contributed by atoms with van der Waals surface area (Å²) in [5.74, 6) is 0.479. The third-order valence-corrected chi connectivity index (χ3v) is 5.42. The fourth-order valence-electron chi connectivity index (χ4n) is 4.04. The number of aromatic hydroxyl groups is 2. The predicted octanol–water partition coefficient (Wildman–Crippen LogP) is 5.80. The van der Waals surface area contributed by atoms with Crippen molar-refractivity contribution in [2.45, 2.75) is 18.8 Å². The largest absolute Gasteiger partial charge is 0.508 e. The molecule has 0 atom stereocenters. The molecule has 0 aromatic heterocycles. The number of phenolic OH excluding ortho intramolecular Hbond substituents is 2. The summed E-state index contributed by atoms with van der Waals surface area (Å²) in [5, 5.41) is 23.6. The van der Waals surface area contributed by atoms with E-state index in [9.17, 15) is 10.2 Å². The Morgan fingerprint density at radius 3 is 1.78 bits per heavy atom. The molecule has 0 amide bonds. The highest BCUT2D eigenvalue weighted by atomic mass is 16.3. The lowest BCUT2D eigenvalue weighted by Gasteiger charge is -2.32. The molecular formula is C25H22O2. The Balaban J connectivity index is 1.94. The van der Waals surface area contributed by atoms with E-state index in [2.05, 4.69) is 37.3 Å². The minimum atomic E-state index is -0.583. The molecule has 2 N–H and O–H groups in total. The number of para-hydroxylation sites is 2. The molecule has 4 aromatic rings. The zero-order valence-corrected chi connectivity index (χ0v) is 15.3. The molecule has 134 valence electrons. The molecule has 0 unspecified atom stereocenters. The van der Waals surface area contributed by atoms with E-state index in [1.54, 1.807) is 12.1 Å². The van der Waals surface area contributed by atoms with E-state index < -0.39 is 5.41 Å². The van der Waals surface area contributed by atoms with Crippen LogP contribution >= 0.6 is 0 Å². The Bertz CT molecular complexity index is 1050. The Morgan fingerprint density at radius 1 is 0.630 bits per heavy atom. The van der Waals surface area contributed by atoms with Crippen LogP contribution in [0.4, 0.5) is 0 Å². The summed E-state index contributed by atoms with van der Waals surface area (Å²) in [7, 11) is 0. The van der Waals surface area contributed by atoms with Crippen LogP contribution < -0.4 is 0 Å². The molecule has 0 spiro atoms. The molecule has 4 rings (SSSR count). The van der Waals surface area contributed by atoms with Crippen molar-refractivity contribution in [1.29, 1.82) is 0 Å². The number of fused-ring (bicyclic) bond motifs is 1. The maximum Gasteiger partial charge on any atom is 0.119 e. The molecule has 0 fully saturated rings. The van der Waals surface area contributed by atoms with Gasteiger partial charge in [-0.05, 0) is 34.9 Å². The van der Waals surface area contributed by atoms with Gasteiger partial charge in [-0.2, -0.15) is 0 Å². The van der Waals surface area contributed by atoms with Crippen LogP contribution in [-0.4, -0.2) is 10.2 Å². The van der Waals surface area contributed by atoms with Gasteiger partial charge in [-0.15, -0.1) is 0 Å². The number of benzene rings is 4. The van der Waals surface area contributed by atoms with Gasteiger partial charge in [-0.1, -0.05) is 85.8 Å². The molecule has 2 heteroatoms. The normalized spacial score (nSPS) is 11.6. The van der Waals surface area contributed by atoms with Gasteiger partial charge in [-0.25, -0.2) is 0 Å². The van der Waals surface area contributed by atoms with Crippen LogP contribution in [0.2, 0.25) is 0 Å². The maximum atomic E-state index is 10.6. The second kappa shape index (κ2) is 6.81. The SMILES string of the molecule is CC(Cc1cccc2ccccc12)(c1ccccc1O)c1ccccc1O. The second-order valence-electron chi connectivity index (χ2n) is 7.18. The van der Waals surface area contributed by atoms with Crippen molar-refractivity contribution >= 4 is 10.8 Å². The lowest BCUT2D eigenvalue weighted by Crippen LogP contribution is -2.27. The molecule has 0 aliphatic heterocycles. The zero-order valence-electron chi connectivity index (χ0n) is 15.3. The molecule has 0 bridgehead atoms. The van der Waals surface area contributed by atoms with Crippen molar-refractivity contribution in [3.63, 3.8) is 0 Å². The van der Waals surface area contributed by atoms with Crippen molar-refractivity contribution in [1.82, 2.24) is 0 Å². The summed E-state index contributed by atoms with van der Waals surface area (Å²) in [6.07, 6.45) is 0.656. The first-order valence-electron chi connectivity index (χ1n) is 9.13. The first-order chi connectivity index (χ1) is 13.1. The topological polar surface area (TPSA) is 40.5 Å². The summed E-state index contributed by atoms with van der Waals surface area (Å²) >= 11 is 0. The van der Waals surface area contributed by atoms with Gasteiger partial charge in [0.25, 0.3) is 0 Å². The van der Waals surface area contributed by atoms with Crippen LogP contribution in [0.1, 0.15) is 23.6 Å². The quantitative estimate of drug-likeness (QED) is 0.486. The molecule has 2 nitrogen and oxygen atoms in total. The highest BCUT2D eigenvalue weighted by Crippen LogP contribution is 2.43. The molecule has 27 heavy (non-hydrogen) atoms. The van der Waals surface area contributed by atoms with Gasteiger partial charge in [0, 0.05) is 16.5 Å². The maximum absolute atomic E-state index is 10.6. The molecular weight excluding hydrogens is 332 g/mol. The van der Waals surface area contributed by atoms with Gasteiger partial charge < -0.3 is 10.2 Å². The van der Waals surface area contributed by atoms with Crippen molar-refractivity contribution in [3.8, 4) is 11.5 Å². The highest BCUT2D eigenvalue weighted by Gasteiger charge is 2.34. The average Bonchev–Trinajstić information content (AvgIpc) is 2.69. The minimum absolute atomic E-state index is 0.239. The van der Waals surface area contributed by atoms with Crippen LogP contribution in [0.15, 0.2) is 91.0 Å². The van der Waals surface area contributed by atoms with E-state index in [1.807, 2.05) is 48.5 Å². The van der Waals surface area contributed by atoms with E-state index in [1.165, 1.54) is 16.3 Å². The van der Waals surface area contributed by atoms with Crippen molar-refractivity contribution in [3.05, 3.63) is 108 Å². The number of rotatable bonds is 4. The second-order valence-corrected chi connectivity index (χ2v) is 7.18. The fourth-order valence-corrected chi connectivity index (χ4v) is 4.04. The highest BCUT2D eigenvalue weighted by molar-refractivity contribution is 5.86. The zero-order chi connectivity index (χ0) is 18.9. The monoisotopic (exact) mass is 354 g/mol. The summed E-state index contributed by atoms with van der Waals surface area (Å²) in [5.41, 5.74) is 2.21. The number of phenols is 2. The van der Waals surface area contributed by atoms with Gasteiger partial charge in [0.2, 0.25) is 0 Å². The molecule has 0 aliphatic rings. The Labute approximate surface area is 159 Å². The Morgan fingerprint density at radius 2 is 1.15 bits per heavy atom. The summed E-state index contributed by atoms with van der Waals surface area (Å²) in [4.78, 5) is 0. The lowest BCUT2D eigenvalue weighted by molar-refractivity contribution is 0.424. The van der Waals surface area contributed by atoms with Gasteiger partial charge in [0.1, 0.15) is 11.5 Å². The smallest absolute Gasteiger partial charge is 0.119 e. The summed E-state index contributed by atoms with van der Waals surface area (Å²) in [6.45, 7) is 2.08. The molecule has 0 aliphatic carbocycles. The lowest BCUT2D eigenvalue weighted by atomic mass is 9.71. The molecule has 0 heterocycles. The van der Waals surface area contributed by atoms with E-state index in [0.717, 1.165) is 11.1 Å². The van der Waals surface area contributed by atoms with E-state index >= 15 is 0 Å². The van der Waals surface area contributed by atoms with E-state index in [0.29, 0.717) is 6.42 Å². The standard InChI is InChI=1S/C25H22O2/c1-25(21-13-4-6-15-23(21)26,22-14-5-7-16-24(22)27)17-19-11-8-10-18-9-2-3-12-20(18)19/h2-16,26-27H,17H2,1H3. The first kappa shape index (κ1) is 17.2. The Kier molecular flexibility index (Phi) is 4.33. The van der Waals surface area contributed by atoms with Gasteiger partial charge in [0.05, 0.1) is 0 Å². The van der Waals surface area contributed by atoms with Gasteiger partial charge >= 0.3 is 0 Å². The van der Waals surface area contributed by atoms with E-state index in [4.69, 9.17) is 0 Å². The van der Waals surface area contributed by atoms with Crippen LogP contribution in [0, 0.1) is 0 Å². The van der Waals surface area contributed by atoms with Crippen molar-refractivity contribution < 1.29 is 10.2 Å². The average molecular weight is 354 g/mol. The van der Waals surface area contributed by atoms with Crippen LogP contribution in [0.3, 0.4) is 0 Å². The van der Waals surface area contributed by atoms with Crippen LogP contribution in [-0.2, 0) is 11.8 Å².